The molecule has 0 saturated heterocycles. The molecule has 6 heteroatoms. The highest BCUT2D eigenvalue weighted by molar-refractivity contribution is 9.10. The van der Waals surface area contributed by atoms with Gasteiger partial charge in [0.05, 0.1) is 5.02 Å². The van der Waals surface area contributed by atoms with Gasteiger partial charge in [-0.15, -0.1) is 0 Å². The average Bonchev–Trinajstić information content (AvgIpc) is 2.38. The summed E-state index contributed by atoms with van der Waals surface area (Å²) in [7, 11) is 0. The Kier molecular flexibility index (Phi) is 4.39. The molecule has 0 radical (unpaired) electrons. The second-order valence-corrected chi connectivity index (χ2v) is 5.04. The molecular formula is C13H9BrClNO3. The second-order valence-electron chi connectivity index (χ2n) is 3.72. The number of carboxylic acid groups (broad SMARTS) is 1. The Balaban J connectivity index is 2.10. The number of carbonyl (C=O) groups is 1. The maximum Gasteiger partial charge on any atom is 0.354 e. The fourth-order valence-corrected chi connectivity index (χ4v) is 2.16. The van der Waals surface area contributed by atoms with Gasteiger partial charge < -0.3 is 9.84 Å². The third-order valence-electron chi connectivity index (χ3n) is 2.33. The van der Waals surface area contributed by atoms with Crippen molar-refractivity contribution in [1.82, 2.24) is 4.98 Å². The van der Waals surface area contributed by atoms with E-state index in [4.69, 9.17) is 21.4 Å². The molecule has 0 unspecified atom stereocenters. The molecule has 1 N–H and O–H groups in total. The predicted molar refractivity (Wildman–Crippen MR) is 74.7 cm³/mol. The lowest BCUT2D eigenvalue weighted by molar-refractivity contribution is 0.0690. The quantitative estimate of drug-likeness (QED) is 0.918. The Morgan fingerprint density at radius 2 is 2.16 bits per heavy atom. The molecule has 0 aliphatic heterocycles. The number of benzene rings is 1. The normalized spacial score (nSPS) is 10.2. The molecule has 0 spiro atoms. The van der Waals surface area contributed by atoms with Crippen LogP contribution in [0.4, 0.5) is 0 Å². The Hall–Kier alpha value is -1.59. The van der Waals surface area contributed by atoms with Crippen molar-refractivity contribution in [3.05, 3.63) is 57.3 Å². The summed E-state index contributed by atoms with van der Waals surface area (Å²) >= 11 is 9.32. The van der Waals surface area contributed by atoms with Crippen molar-refractivity contribution < 1.29 is 14.6 Å². The number of hydrogen-bond donors (Lipinski definition) is 1. The molecule has 4 nitrogen and oxygen atoms in total. The smallest absolute Gasteiger partial charge is 0.354 e. The molecule has 0 atom stereocenters. The van der Waals surface area contributed by atoms with E-state index in [1.807, 2.05) is 6.07 Å². The van der Waals surface area contributed by atoms with Gasteiger partial charge in [-0.25, -0.2) is 9.78 Å². The highest BCUT2D eigenvalue weighted by Gasteiger charge is 2.06. The van der Waals surface area contributed by atoms with Gasteiger partial charge in [-0.1, -0.05) is 27.5 Å². The van der Waals surface area contributed by atoms with Crippen molar-refractivity contribution in [2.75, 3.05) is 0 Å². The first-order valence-corrected chi connectivity index (χ1v) is 6.49. The number of carboxylic acids is 1. The lowest BCUT2D eigenvalue weighted by Crippen LogP contribution is -2.03. The van der Waals surface area contributed by atoms with Crippen LogP contribution in [0.1, 0.15) is 16.1 Å². The van der Waals surface area contributed by atoms with Crippen molar-refractivity contribution in [2.24, 2.45) is 0 Å². The summed E-state index contributed by atoms with van der Waals surface area (Å²) < 4.78 is 6.40. The summed E-state index contributed by atoms with van der Waals surface area (Å²) in [4.78, 5) is 14.5. The van der Waals surface area contributed by atoms with E-state index in [1.165, 1.54) is 12.3 Å². The van der Waals surface area contributed by atoms with E-state index >= 15 is 0 Å². The topological polar surface area (TPSA) is 59.4 Å². The monoisotopic (exact) mass is 341 g/mol. The molecule has 0 fully saturated rings. The number of aromatic nitrogens is 1. The van der Waals surface area contributed by atoms with Crippen molar-refractivity contribution >= 4 is 33.5 Å². The minimum Gasteiger partial charge on any atom is -0.487 e. The zero-order valence-electron chi connectivity index (χ0n) is 9.64. The summed E-state index contributed by atoms with van der Waals surface area (Å²) in [5, 5.41) is 9.33. The number of aromatic carboxylic acids is 1. The largest absolute Gasteiger partial charge is 0.487 e. The standard InChI is InChI=1S/C13H9BrClNO3/c14-9-1-2-12(10(15)6-9)19-7-8-3-4-16-11(5-8)13(17)18/h1-6H,7H2,(H,17,18). The van der Waals surface area contributed by atoms with Crippen LogP contribution < -0.4 is 4.74 Å². The minimum absolute atomic E-state index is 0.0111. The molecular weight excluding hydrogens is 334 g/mol. The summed E-state index contributed by atoms with van der Waals surface area (Å²) in [5.74, 6) is -0.526. The van der Waals surface area contributed by atoms with E-state index in [0.29, 0.717) is 16.3 Å². The number of rotatable bonds is 4. The Labute approximate surface area is 123 Å². The third kappa shape index (κ3) is 3.68. The minimum atomic E-state index is -1.07. The van der Waals surface area contributed by atoms with Crippen LogP contribution >= 0.6 is 27.5 Å². The molecule has 19 heavy (non-hydrogen) atoms. The number of ether oxygens (including phenoxy) is 1. The molecule has 0 bridgehead atoms. The zero-order valence-corrected chi connectivity index (χ0v) is 12.0. The van der Waals surface area contributed by atoms with Gasteiger partial charge in [-0.05, 0) is 35.9 Å². The van der Waals surface area contributed by atoms with Gasteiger partial charge >= 0.3 is 5.97 Å². The van der Waals surface area contributed by atoms with E-state index in [2.05, 4.69) is 20.9 Å². The SMILES string of the molecule is O=C(O)c1cc(COc2ccc(Br)cc2Cl)ccn1. The van der Waals surface area contributed by atoms with Crippen molar-refractivity contribution in [3.63, 3.8) is 0 Å². The molecule has 98 valence electrons. The van der Waals surface area contributed by atoms with Crippen LogP contribution in [0.15, 0.2) is 41.0 Å². The summed E-state index contributed by atoms with van der Waals surface area (Å²) in [6.45, 7) is 0.226. The van der Waals surface area contributed by atoms with Crippen molar-refractivity contribution in [3.8, 4) is 5.75 Å². The summed E-state index contributed by atoms with van der Waals surface area (Å²) in [6.07, 6.45) is 1.44. The van der Waals surface area contributed by atoms with Gasteiger partial charge in [0.25, 0.3) is 0 Å². The average molecular weight is 343 g/mol. The van der Waals surface area contributed by atoms with Crippen LogP contribution in [0, 0.1) is 0 Å². The van der Waals surface area contributed by atoms with E-state index in [0.717, 1.165) is 4.47 Å². The van der Waals surface area contributed by atoms with Crippen LogP contribution in [0.3, 0.4) is 0 Å². The van der Waals surface area contributed by atoms with E-state index in [1.54, 1.807) is 18.2 Å². The van der Waals surface area contributed by atoms with E-state index in [9.17, 15) is 4.79 Å². The first-order valence-electron chi connectivity index (χ1n) is 5.32. The molecule has 1 aromatic carbocycles. The lowest BCUT2D eigenvalue weighted by atomic mass is 10.2. The fourth-order valence-electron chi connectivity index (χ4n) is 1.43. The molecule has 0 amide bonds. The Morgan fingerprint density at radius 1 is 1.37 bits per heavy atom. The van der Waals surface area contributed by atoms with Gasteiger partial charge in [0.2, 0.25) is 0 Å². The van der Waals surface area contributed by atoms with Crippen LogP contribution in [-0.2, 0) is 6.61 Å². The lowest BCUT2D eigenvalue weighted by Gasteiger charge is -2.08. The van der Waals surface area contributed by atoms with Crippen molar-refractivity contribution in [1.29, 1.82) is 0 Å². The van der Waals surface area contributed by atoms with Crippen LogP contribution in [0.25, 0.3) is 0 Å². The maximum atomic E-state index is 10.8. The number of nitrogens with zero attached hydrogens (tertiary/aromatic N) is 1. The van der Waals surface area contributed by atoms with Gasteiger partial charge in [-0.3, -0.25) is 0 Å². The summed E-state index contributed by atoms with van der Waals surface area (Å²) in [5.41, 5.74) is 0.703. The molecule has 0 aliphatic rings. The molecule has 1 aromatic heterocycles. The highest BCUT2D eigenvalue weighted by Crippen LogP contribution is 2.28. The van der Waals surface area contributed by atoms with E-state index in [-0.39, 0.29) is 12.3 Å². The zero-order chi connectivity index (χ0) is 13.8. The summed E-state index contributed by atoms with van der Waals surface area (Å²) in [6, 6.07) is 8.45. The van der Waals surface area contributed by atoms with Crippen molar-refractivity contribution in [2.45, 2.75) is 6.61 Å². The van der Waals surface area contributed by atoms with Gasteiger partial charge in [0, 0.05) is 10.7 Å². The molecule has 2 rings (SSSR count). The van der Waals surface area contributed by atoms with Crippen LogP contribution in [-0.4, -0.2) is 16.1 Å². The predicted octanol–water partition coefficient (Wildman–Crippen LogP) is 3.77. The number of pyridine rings is 1. The Bertz CT molecular complexity index is 619. The third-order valence-corrected chi connectivity index (χ3v) is 3.12. The van der Waals surface area contributed by atoms with E-state index < -0.39 is 5.97 Å². The first-order chi connectivity index (χ1) is 9.06. The molecule has 0 saturated carbocycles. The van der Waals surface area contributed by atoms with Gasteiger partial charge in [-0.2, -0.15) is 0 Å². The molecule has 2 aromatic rings. The van der Waals surface area contributed by atoms with Gasteiger partial charge in [0.15, 0.2) is 0 Å². The number of halogens is 2. The highest BCUT2D eigenvalue weighted by atomic mass is 79.9. The van der Waals surface area contributed by atoms with Crippen LogP contribution in [0.2, 0.25) is 5.02 Å². The second kappa shape index (κ2) is 6.04. The maximum absolute atomic E-state index is 10.8. The molecule has 1 heterocycles. The number of hydrogen-bond acceptors (Lipinski definition) is 3. The van der Waals surface area contributed by atoms with Crippen LogP contribution in [0.5, 0.6) is 5.75 Å². The van der Waals surface area contributed by atoms with Gasteiger partial charge in [0.1, 0.15) is 18.1 Å². The Morgan fingerprint density at radius 3 is 2.84 bits per heavy atom. The molecule has 0 aliphatic carbocycles. The first kappa shape index (κ1) is 13.8. The fraction of sp³-hybridized carbons (Fsp3) is 0.0769.